The molecule has 1 aliphatic rings. The van der Waals surface area contributed by atoms with Gasteiger partial charge in [-0.1, -0.05) is 0 Å². The molecule has 1 fully saturated rings. The molecule has 5 N–H and O–H groups in total. The van der Waals surface area contributed by atoms with Crippen molar-refractivity contribution in [2.75, 3.05) is 19.8 Å². The first kappa shape index (κ1) is 22.5. The fraction of sp³-hybridized carbons (Fsp3) is 0.333. The first-order chi connectivity index (χ1) is 14.7. The highest BCUT2D eigenvalue weighted by molar-refractivity contribution is 5.88. The third kappa shape index (κ3) is 5.30. The molecule has 0 aliphatic carbocycles. The molecule has 1 aliphatic heterocycles. The molecule has 2 aromatic rings. The van der Waals surface area contributed by atoms with Crippen LogP contribution in [0.25, 0.3) is 0 Å². The Morgan fingerprint density at radius 2 is 1.39 bits per heavy atom. The minimum absolute atomic E-state index is 0.0722. The molecule has 1 heterocycles. The molecular weight excluding hydrogens is 412 g/mol. The summed E-state index contributed by atoms with van der Waals surface area (Å²) < 4.78 is 16.4. The molecule has 10 heteroatoms. The smallest absolute Gasteiger partial charge is 0.335 e. The third-order valence-electron chi connectivity index (χ3n) is 4.91. The number of carbonyl (C=O) groups is 2. The van der Waals surface area contributed by atoms with Crippen LogP contribution in [0.1, 0.15) is 20.7 Å². The maximum absolute atomic E-state index is 10.9. The molecule has 0 saturated carbocycles. The second-order valence-corrected chi connectivity index (χ2v) is 7.15. The van der Waals surface area contributed by atoms with Crippen molar-refractivity contribution in [3.05, 3.63) is 59.7 Å². The van der Waals surface area contributed by atoms with Crippen LogP contribution in [0.15, 0.2) is 48.5 Å². The van der Waals surface area contributed by atoms with Crippen LogP contribution < -0.4 is 9.47 Å². The van der Waals surface area contributed by atoms with Gasteiger partial charge in [0.25, 0.3) is 0 Å². The van der Waals surface area contributed by atoms with E-state index in [0.29, 0.717) is 5.75 Å². The van der Waals surface area contributed by atoms with Gasteiger partial charge >= 0.3 is 11.9 Å². The zero-order valence-corrected chi connectivity index (χ0v) is 16.2. The van der Waals surface area contributed by atoms with E-state index in [1.54, 1.807) is 0 Å². The lowest BCUT2D eigenvalue weighted by molar-refractivity contribution is -0.245. The van der Waals surface area contributed by atoms with Gasteiger partial charge in [-0.25, -0.2) is 9.59 Å². The van der Waals surface area contributed by atoms with Crippen LogP contribution in [0, 0.1) is 0 Å². The summed E-state index contributed by atoms with van der Waals surface area (Å²) in [5, 5.41) is 49.2. The van der Waals surface area contributed by atoms with E-state index in [2.05, 4.69) is 0 Å². The Balaban J connectivity index is 1.54. The molecule has 0 spiro atoms. The molecule has 3 rings (SSSR count). The summed E-state index contributed by atoms with van der Waals surface area (Å²) in [6.07, 6.45) is -4.01. The average molecular weight is 434 g/mol. The van der Waals surface area contributed by atoms with E-state index in [0.717, 1.165) is 0 Å². The Bertz CT molecular complexity index is 911. The first-order valence-electron chi connectivity index (χ1n) is 9.32. The first-order valence-corrected chi connectivity index (χ1v) is 9.32. The van der Waals surface area contributed by atoms with Gasteiger partial charge in [-0.2, -0.15) is 0 Å². The summed E-state index contributed by atoms with van der Waals surface area (Å²) >= 11 is 0. The van der Waals surface area contributed by atoms with Crippen molar-refractivity contribution in [1.82, 2.24) is 0 Å². The number of benzene rings is 2. The van der Waals surface area contributed by atoms with E-state index < -0.39 is 42.5 Å². The molecule has 166 valence electrons. The molecule has 0 bridgehead atoms. The number of ether oxygens (including phenoxy) is 3. The molecule has 1 saturated heterocycles. The van der Waals surface area contributed by atoms with E-state index in [1.807, 2.05) is 0 Å². The molecule has 0 unspecified atom stereocenters. The Morgan fingerprint density at radius 1 is 0.903 bits per heavy atom. The van der Waals surface area contributed by atoms with Gasteiger partial charge in [0.1, 0.15) is 48.6 Å². The summed E-state index contributed by atoms with van der Waals surface area (Å²) in [7, 11) is 0. The van der Waals surface area contributed by atoms with E-state index in [-0.39, 0.29) is 30.1 Å². The van der Waals surface area contributed by atoms with Gasteiger partial charge in [0.15, 0.2) is 0 Å². The molecule has 10 nitrogen and oxygen atoms in total. The standard InChI is InChI=1S/C21H22O10/c22-17-16(9-29-14-5-1-12(2-6-14)19(24)25)31-11-21(28,18(17)23)10-30-15-7-3-13(4-8-15)20(26)27/h1-8,16-18,22-23,28H,9-11H2,(H,24,25)(H,26,27)/t16-,17-,18+,21+/m1/s1. The number of hydrogen-bond donors (Lipinski definition) is 5. The number of hydrogen-bond acceptors (Lipinski definition) is 8. The fourth-order valence-electron chi connectivity index (χ4n) is 3.00. The van der Waals surface area contributed by atoms with Crippen molar-refractivity contribution in [1.29, 1.82) is 0 Å². The summed E-state index contributed by atoms with van der Waals surface area (Å²) in [4.78, 5) is 21.7. The van der Waals surface area contributed by atoms with Gasteiger partial charge in [-0.05, 0) is 48.5 Å². The van der Waals surface area contributed by atoms with Gasteiger partial charge < -0.3 is 39.7 Å². The fourth-order valence-corrected chi connectivity index (χ4v) is 3.00. The molecule has 0 radical (unpaired) electrons. The van der Waals surface area contributed by atoms with Gasteiger partial charge in [0.2, 0.25) is 0 Å². The summed E-state index contributed by atoms with van der Waals surface area (Å²) in [5.74, 6) is -1.53. The van der Waals surface area contributed by atoms with E-state index >= 15 is 0 Å². The lowest BCUT2D eigenvalue weighted by Crippen LogP contribution is -2.64. The highest BCUT2D eigenvalue weighted by Gasteiger charge is 2.49. The van der Waals surface area contributed by atoms with Crippen LogP contribution in [0.2, 0.25) is 0 Å². The number of rotatable bonds is 8. The van der Waals surface area contributed by atoms with Gasteiger partial charge in [-0.3, -0.25) is 0 Å². The van der Waals surface area contributed by atoms with Gasteiger partial charge in [0, 0.05) is 0 Å². The minimum Gasteiger partial charge on any atom is -0.491 e. The molecule has 2 aromatic carbocycles. The van der Waals surface area contributed by atoms with Crippen molar-refractivity contribution in [2.45, 2.75) is 23.9 Å². The second kappa shape index (κ2) is 9.31. The highest BCUT2D eigenvalue weighted by atomic mass is 16.6. The normalized spacial score (nSPS) is 25.6. The third-order valence-corrected chi connectivity index (χ3v) is 4.91. The van der Waals surface area contributed by atoms with E-state index in [9.17, 15) is 24.9 Å². The monoisotopic (exact) mass is 434 g/mol. The minimum atomic E-state index is -1.90. The molecule has 0 aromatic heterocycles. The van der Waals surface area contributed by atoms with Gasteiger partial charge in [-0.15, -0.1) is 0 Å². The molecular formula is C21H22O10. The van der Waals surface area contributed by atoms with Crippen LogP contribution >= 0.6 is 0 Å². The van der Waals surface area contributed by atoms with Crippen molar-refractivity contribution in [3.63, 3.8) is 0 Å². The zero-order valence-electron chi connectivity index (χ0n) is 16.2. The number of carboxylic acid groups (broad SMARTS) is 2. The molecule has 31 heavy (non-hydrogen) atoms. The SMILES string of the molecule is O=C(O)c1ccc(OC[C@H]2OC[C@@](O)(COc3ccc(C(=O)O)cc3)[C@@H](O)[C@@H]2O)cc1. The Morgan fingerprint density at radius 3 is 1.87 bits per heavy atom. The predicted molar refractivity (Wildman–Crippen MR) is 104 cm³/mol. The van der Waals surface area contributed by atoms with Crippen LogP contribution in [0.3, 0.4) is 0 Å². The number of aliphatic hydroxyl groups excluding tert-OH is 2. The molecule has 4 atom stereocenters. The topological polar surface area (TPSA) is 163 Å². The van der Waals surface area contributed by atoms with Crippen molar-refractivity contribution < 1.29 is 49.3 Å². The maximum Gasteiger partial charge on any atom is 0.335 e. The van der Waals surface area contributed by atoms with Crippen molar-refractivity contribution in [2.24, 2.45) is 0 Å². The van der Waals surface area contributed by atoms with Crippen LogP contribution in [0.4, 0.5) is 0 Å². The predicted octanol–water partition coefficient (Wildman–Crippen LogP) is 0.392. The average Bonchev–Trinajstić information content (AvgIpc) is 2.76. The highest BCUT2D eigenvalue weighted by Crippen LogP contribution is 2.27. The van der Waals surface area contributed by atoms with Crippen LogP contribution in [-0.2, 0) is 4.74 Å². The Hall–Kier alpha value is -3.18. The largest absolute Gasteiger partial charge is 0.491 e. The van der Waals surface area contributed by atoms with Crippen molar-refractivity contribution in [3.8, 4) is 11.5 Å². The second-order valence-electron chi connectivity index (χ2n) is 7.15. The van der Waals surface area contributed by atoms with Crippen molar-refractivity contribution >= 4 is 11.9 Å². The van der Waals surface area contributed by atoms with Crippen LogP contribution in [-0.4, -0.2) is 81.2 Å². The Labute approximate surface area is 176 Å². The summed E-state index contributed by atoms with van der Waals surface area (Å²) in [5.41, 5.74) is -1.73. The zero-order chi connectivity index (χ0) is 22.6. The lowest BCUT2D eigenvalue weighted by atomic mass is 9.89. The lowest BCUT2D eigenvalue weighted by Gasteiger charge is -2.42. The van der Waals surface area contributed by atoms with E-state index in [1.165, 1.54) is 48.5 Å². The summed E-state index contributed by atoms with van der Waals surface area (Å²) in [6, 6.07) is 11.1. The van der Waals surface area contributed by atoms with Crippen LogP contribution in [0.5, 0.6) is 11.5 Å². The number of aliphatic hydroxyl groups is 3. The number of carboxylic acids is 2. The van der Waals surface area contributed by atoms with E-state index in [4.69, 9.17) is 24.4 Å². The van der Waals surface area contributed by atoms with Gasteiger partial charge in [0.05, 0.1) is 17.7 Å². The summed E-state index contributed by atoms with van der Waals surface area (Å²) in [6.45, 7) is -0.884. The maximum atomic E-state index is 10.9. The number of aromatic carboxylic acids is 2. The quantitative estimate of drug-likeness (QED) is 0.393. The Kier molecular flexibility index (Phi) is 6.76. The molecule has 0 amide bonds.